The van der Waals surface area contributed by atoms with Crippen molar-refractivity contribution < 1.29 is 21.2 Å². The van der Waals surface area contributed by atoms with Crippen LogP contribution >= 0.6 is 0 Å². The van der Waals surface area contributed by atoms with Crippen LogP contribution in [0.5, 0.6) is 0 Å². The molecule has 0 aliphatic carbocycles. The van der Waals surface area contributed by atoms with E-state index in [1.165, 1.54) is 66.9 Å². The lowest BCUT2D eigenvalue weighted by atomic mass is 9.92. The van der Waals surface area contributed by atoms with Gasteiger partial charge in [-0.3, -0.25) is 0 Å². The number of pyridine rings is 1. The van der Waals surface area contributed by atoms with Gasteiger partial charge in [0.1, 0.15) is 5.65 Å². The third-order valence-corrected chi connectivity index (χ3v) is 11.4. The number of H-pyrrole nitrogens is 1. The number of aryl methyl sites for hydroxylation is 1. The predicted molar refractivity (Wildman–Crippen MR) is 140 cm³/mol. The van der Waals surface area contributed by atoms with Crippen LogP contribution in [0, 0.1) is 6.92 Å². The first-order valence-electron chi connectivity index (χ1n) is 11.4. The number of hydrogen-bond donors (Lipinski definition) is 1. The zero-order valence-corrected chi connectivity index (χ0v) is 21.4. The molecule has 5 rings (SSSR count). The van der Waals surface area contributed by atoms with E-state index in [9.17, 15) is 16.8 Å². The van der Waals surface area contributed by atoms with Gasteiger partial charge in [-0.15, -0.1) is 0 Å². The normalized spacial score (nSPS) is 13.5. The Kier molecular flexibility index (Phi) is 6.21. The highest BCUT2D eigenvalue weighted by atomic mass is 32.3. The number of sulfone groups is 2. The number of fused-ring (bicyclic) bond motifs is 1. The molecule has 6 nitrogen and oxygen atoms in total. The number of halogens is 1. The lowest BCUT2D eigenvalue weighted by Crippen LogP contribution is -2.48. The Morgan fingerprint density at radius 2 is 1.27 bits per heavy atom. The molecular weight excluding hydrogens is 511 g/mol. The fourth-order valence-corrected chi connectivity index (χ4v) is 9.11. The Labute approximate surface area is 214 Å². The molecule has 0 bridgehead atoms. The van der Waals surface area contributed by atoms with Gasteiger partial charge in [-0.05, 0) is 53.9 Å². The number of benzene rings is 3. The Bertz CT molecular complexity index is 1700. The van der Waals surface area contributed by atoms with Crippen LogP contribution in [0.3, 0.4) is 0 Å². The molecule has 0 saturated heterocycles. The number of hydrogen-bond acceptors (Lipinski definition) is 5. The van der Waals surface area contributed by atoms with Crippen molar-refractivity contribution in [1.82, 2.24) is 9.97 Å². The van der Waals surface area contributed by atoms with Gasteiger partial charge in [0.15, 0.2) is 0 Å². The van der Waals surface area contributed by atoms with E-state index in [1.807, 2.05) is 0 Å². The second-order valence-electron chi connectivity index (χ2n) is 8.71. The molecular formula is C28H23FN2O4S2. The predicted octanol–water partition coefficient (Wildman–Crippen LogP) is 5.57. The van der Waals surface area contributed by atoms with Gasteiger partial charge in [-0.2, -0.15) is 0 Å². The molecule has 1 unspecified atom stereocenters. The van der Waals surface area contributed by atoms with Crippen LogP contribution < -0.4 is 0 Å². The highest BCUT2D eigenvalue weighted by Gasteiger charge is 2.63. The van der Waals surface area contributed by atoms with Crippen LogP contribution in [0.1, 0.15) is 22.6 Å². The first-order chi connectivity index (χ1) is 17.7. The summed E-state index contributed by atoms with van der Waals surface area (Å²) in [5.41, 5.74) is 1.49. The Morgan fingerprint density at radius 3 is 1.78 bits per heavy atom. The molecule has 1 N–H and O–H groups in total. The molecule has 3 aromatic carbocycles. The second kappa shape index (κ2) is 9.24. The minimum Gasteiger partial charge on any atom is -0.346 e. The van der Waals surface area contributed by atoms with Crippen LogP contribution in [-0.4, -0.2) is 31.1 Å². The maximum Gasteiger partial charge on any atom is 0.328 e. The minimum atomic E-state index is -5.15. The minimum absolute atomic E-state index is 0.166. The molecule has 5 aromatic rings. The molecule has 2 heterocycles. The number of rotatable bonds is 7. The fourth-order valence-electron chi connectivity index (χ4n) is 4.55. The summed E-state index contributed by atoms with van der Waals surface area (Å²) in [5, 5.41) is 0.433. The number of nitrogens with one attached hydrogen (secondary N) is 1. The van der Waals surface area contributed by atoms with E-state index in [1.54, 1.807) is 49.5 Å². The molecule has 0 saturated carbocycles. The van der Waals surface area contributed by atoms with E-state index in [0.717, 1.165) is 5.56 Å². The van der Waals surface area contributed by atoms with E-state index < -0.39 is 39.7 Å². The maximum atomic E-state index is 18.1. The molecule has 2 aromatic heterocycles. The van der Waals surface area contributed by atoms with E-state index in [2.05, 4.69) is 9.97 Å². The summed E-state index contributed by atoms with van der Waals surface area (Å²) in [4.78, 5) is 6.40. The number of alkyl halides is 1. The number of nitrogens with zero attached hydrogens (tertiary/aromatic N) is 1. The maximum absolute atomic E-state index is 18.1. The fraction of sp³-hybridized carbons (Fsp3) is 0.107. The van der Waals surface area contributed by atoms with Gasteiger partial charge in [0.2, 0.25) is 19.7 Å². The summed E-state index contributed by atoms with van der Waals surface area (Å²) in [6.07, 6.45) is 3.05. The van der Waals surface area contributed by atoms with E-state index in [0.29, 0.717) is 11.0 Å². The molecule has 188 valence electrons. The average Bonchev–Trinajstić information content (AvgIpc) is 3.32. The standard InChI is InChI=1S/C28H23FN2O4S2/c1-20-17-24-25(19-31-27(24)30-18-20)26(21-11-5-2-6-12-21)28(29,36(32,33)22-13-7-3-8-14-22)37(34,35)23-15-9-4-10-16-23/h2-19,26H,1H3,(H,30,31). The highest BCUT2D eigenvalue weighted by molar-refractivity contribution is 8.10. The largest absolute Gasteiger partial charge is 0.346 e. The molecule has 37 heavy (non-hydrogen) atoms. The Hall–Kier alpha value is -3.82. The van der Waals surface area contributed by atoms with E-state index >= 15 is 4.39 Å². The molecule has 1 atom stereocenters. The summed E-state index contributed by atoms with van der Waals surface area (Å²) in [6, 6.07) is 23.4. The molecule has 0 amide bonds. The molecule has 0 fully saturated rings. The first kappa shape index (κ1) is 24.9. The monoisotopic (exact) mass is 534 g/mol. The summed E-state index contributed by atoms with van der Waals surface area (Å²) in [5.74, 6) is -1.75. The highest BCUT2D eigenvalue weighted by Crippen LogP contribution is 2.51. The lowest BCUT2D eigenvalue weighted by Gasteiger charge is -2.33. The first-order valence-corrected chi connectivity index (χ1v) is 14.4. The van der Waals surface area contributed by atoms with Crippen molar-refractivity contribution in [2.45, 2.75) is 27.0 Å². The SMILES string of the molecule is Cc1cnc2[nH]cc(C(c3ccccc3)C(F)(S(=O)(=O)c3ccccc3)S(=O)(=O)c3ccccc3)c2c1. The quantitative estimate of drug-likeness (QED) is 0.294. The van der Waals surface area contributed by atoms with Crippen molar-refractivity contribution in [3.8, 4) is 0 Å². The van der Waals surface area contributed by atoms with Crippen molar-refractivity contribution in [3.63, 3.8) is 0 Å². The third-order valence-electron chi connectivity index (χ3n) is 6.33. The van der Waals surface area contributed by atoms with Crippen LogP contribution in [0.4, 0.5) is 4.39 Å². The Morgan fingerprint density at radius 1 is 0.784 bits per heavy atom. The smallest absolute Gasteiger partial charge is 0.328 e. The molecule has 9 heteroatoms. The number of aromatic amines is 1. The summed E-state index contributed by atoms with van der Waals surface area (Å²) < 4.78 is 71.1. The summed E-state index contributed by atoms with van der Waals surface area (Å²) in [7, 11) is -10.3. The van der Waals surface area contributed by atoms with Crippen molar-refractivity contribution in [1.29, 1.82) is 0 Å². The van der Waals surface area contributed by atoms with Gasteiger partial charge in [0, 0.05) is 17.8 Å². The van der Waals surface area contributed by atoms with Gasteiger partial charge in [0.05, 0.1) is 15.7 Å². The average molecular weight is 535 g/mol. The van der Waals surface area contributed by atoms with Crippen LogP contribution in [-0.2, 0) is 19.7 Å². The van der Waals surface area contributed by atoms with E-state index in [4.69, 9.17) is 0 Å². The zero-order chi connectivity index (χ0) is 26.3. The van der Waals surface area contributed by atoms with Gasteiger partial charge in [0.25, 0.3) is 0 Å². The van der Waals surface area contributed by atoms with Crippen LogP contribution in [0.25, 0.3) is 11.0 Å². The third kappa shape index (κ3) is 3.95. The van der Waals surface area contributed by atoms with Gasteiger partial charge >= 0.3 is 4.33 Å². The van der Waals surface area contributed by atoms with Crippen molar-refractivity contribution >= 4 is 30.7 Å². The summed E-state index contributed by atoms with van der Waals surface area (Å²) in [6.45, 7) is 1.80. The summed E-state index contributed by atoms with van der Waals surface area (Å²) >= 11 is 0. The number of aromatic nitrogens is 2. The van der Waals surface area contributed by atoms with Crippen molar-refractivity contribution in [3.05, 3.63) is 126 Å². The second-order valence-corrected chi connectivity index (χ2v) is 13.1. The van der Waals surface area contributed by atoms with Crippen molar-refractivity contribution in [2.24, 2.45) is 0 Å². The Balaban J connectivity index is 1.93. The van der Waals surface area contributed by atoms with Crippen LogP contribution in [0.2, 0.25) is 0 Å². The molecule has 0 radical (unpaired) electrons. The lowest BCUT2D eigenvalue weighted by molar-refractivity contribution is 0.328. The van der Waals surface area contributed by atoms with Gasteiger partial charge in [-0.1, -0.05) is 66.7 Å². The van der Waals surface area contributed by atoms with E-state index in [-0.39, 0.29) is 11.1 Å². The van der Waals surface area contributed by atoms with Gasteiger partial charge in [-0.25, -0.2) is 26.2 Å². The molecule has 0 spiro atoms. The molecule has 0 aliphatic heterocycles. The molecule has 0 aliphatic rings. The van der Waals surface area contributed by atoms with Crippen molar-refractivity contribution in [2.75, 3.05) is 0 Å². The zero-order valence-electron chi connectivity index (χ0n) is 19.7. The van der Waals surface area contributed by atoms with Gasteiger partial charge < -0.3 is 4.98 Å². The topological polar surface area (TPSA) is 97.0 Å². The van der Waals surface area contributed by atoms with Crippen LogP contribution in [0.15, 0.2) is 119 Å².